The topological polar surface area (TPSA) is 41.6 Å². The van der Waals surface area contributed by atoms with Crippen molar-refractivity contribution >= 4 is 154 Å². The highest BCUT2D eigenvalue weighted by atomic mass is 16.3. The zero-order valence-electron chi connectivity index (χ0n) is 48.9. The van der Waals surface area contributed by atoms with Crippen LogP contribution in [0.4, 0.5) is 34.1 Å². The molecule has 6 nitrogen and oxygen atoms in total. The first-order valence-electron chi connectivity index (χ1n) is 30.4. The summed E-state index contributed by atoms with van der Waals surface area (Å²) < 4.78 is 19.5. The Morgan fingerprint density at radius 1 is 0.239 bits per heavy atom. The molecule has 0 fully saturated rings. The Balaban J connectivity index is 0.822. The van der Waals surface area contributed by atoms with Crippen LogP contribution in [0.3, 0.4) is 0 Å². The number of furan rings is 2. The van der Waals surface area contributed by atoms with Crippen LogP contribution in [0.2, 0.25) is 0 Å². The van der Waals surface area contributed by atoms with Gasteiger partial charge in [-0.25, -0.2) is 0 Å². The van der Waals surface area contributed by atoms with E-state index in [1.807, 2.05) is 0 Å². The van der Waals surface area contributed by atoms with Gasteiger partial charge in [-0.15, -0.1) is 0 Å². The van der Waals surface area contributed by atoms with E-state index in [1.54, 1.807) is 0 Å². The summed E-state index contributed by atoms with van der Waals surface area (Å²) in [6, 6.07) is 93.5. The van der Waals surface area contributed by atoms with Gasteiger partial charge in [0.15, 0.2) is 11.2 Å². The standard InChI is InChI=1S/C82H54N4O2/c1-47-19-11-13-25-55(47)63-31-17-33-65-67-39-35-49(3)75(81(67)87-79(63)65)83(51-21-7-5-8-22-51)53-37-41-57-59-27-15-29-61-69-46-74-70(45-73(69)85(77(59)61)71(57)43-53)62-30-16-28-60-58-42-38-54(44-72(58)86(74)78(60)62)84(52-23-9-6-10-24-52)76-50(4)36-40-68-66-34-18-32-64(80(66)88-82(68)76)56-26-14-12-20-48(56)2/h5-46H,1-4H3. The van der Waals surface area contributed by atoms with Gasteiger partial charge < -0.3 is 27.4 Å². The van der Waals surface area contributed by atoms with Crippen molar-refractivity contribution in [3.63, 3.8) is 0 Å². The minimum atomic E-state index is 0.866. The molecular weight excluding hydrogens is 1070 g/mol. The zero-order valence-corrected chi connectivity index (χ0v) is 48.9. The van der Waals surface area contributed by atoms with Gasteiger partial charge >= 0.3 is 0 Å². The minimum Gasteiger partial charge on any atom is -0.453 e. The quantitative estimate of drug-likeness (QED) is 0.152. The van der Waals surface area contributed by atoms with Gasteiger partial charge in [0.05, 0.1) is 44.5 Å². The Hall–Kier alpha value is -11.3. The van der Waals surface area contributed by atoms with Crippen molar-refractivity contribution in [1.29, 1.82) is 0 Å². The zero-order chi connectivity index (χ0) is 58.2. The molecule has 6 heterocycles. The summed E-state index contributed by atoms with van der Waals surface area (Å²) >= 11 is 0. The van der Waals surface area contributed by atoms with Gasteiger partial charge in [-0.3, -0.25) is 0 Å². The molecule has 0 amide bonds. The first-order valence-corrected chi connectivity index (χ1v) is 30.4. The first-order chi connectivity index (χ1) is 43.3. The fourth-order valence-electron chi connectivity index (χ4n) is 15.3. The van der Waals surface area contributed by atoms with Crippen molar-refractivity contribution in [2.45, 2.75) is 27.7 Å². The number of fused-ring (bicyclic) bond motifs is 18. The summed E-state index contributed by atoms with van der Waals surface area (Å²) in [6.45, 7) is 8.76. The number of hydrogen-bond acceptors (Lipinski definition) is 4. The summed E-state index contributed by atoms with van der Waals surface area (Å²) in [5.74, 6) is 0. The average Bonchev–Trinajstić information content (AvgIpc) is 1.66. The molecule has 19 aromatic rings. The fraction of sp³-hybridized carbons (Fsp3) is 0.0488. The number of rotatable bonds is 8. The number of nitrogens with zero attached hydrogens (tertiary/aromatic N) is 4. The highest BCUT2D eigenvalue weighted by Gasteiger charge is 2.29. The Kier molecular flexibility index (Phi) is 10.1. The van der Waals surface area contributed by atoms with E-state index in [-0.39, 0.29) is 0 Å². The molecule has 0 spiro atoms. The minimum absolute atomic E-state index is 0.866. The van der Waals surface area contributed by atoms with Crippen molar-refractivity contribution in [2.75, 3.05) is 9.80 Å². The molecule has 0 bridgehead atoms. The maximum atomic E-state index is 7.23. The second kappa shape index (κ2) is 18.1. The summed E-state index contributed by atoms with van der Waals surface area (Å²) in [6.07, 6.45) is 0. The summed E-state index contributed by atoms with van der Waals surface area (Å²) in [7, 11) is 0. The predicted molar refractivity (Wildman–Crippen MR) is 370 cm³/mol. The number of aromatic nitrogens is 2. The third kappa shape index (κ3) is 6.66. The number of para-hydroxylation sites is 6. The smallest absolute Gasteiger partial charge is 0.159 e. The van der Waals surface area contributed by atoms with Crippen LogP contribution in [0.1, 0.15) is 22.3 Å². The van der Waals surface area contributed by atoms with Gasteiger partial charge in [-0.05, 0) is 122 Å². The highest BCUT2D eigenvalue weighted by Crippen LogP contribution is 2.51. The highest BCUT2D eigenvalue weighted by molar-refractivity contribution is 6.29. The van der Waals surface area contributed by atoms with E-state index in [0.717, 1.165) is 111 Å². The third-order valence-corrected chi connectivity index (χ3v) is 19.3. The largest absolute Gasteiger partial charge is 0.453 e. The van der Waals surface area contributed by atoms with Crippen molar-refractivity contribution < 1.29 is 8.83 Å². The first kappa shape index (κ1) is 49.0. The van der Waals surface area contributed by atoms with Gasteiger partial charge in [0, 0.05) is 98.5 Å². The predicted octanol–water partition coefficient (Wildman–Crippen LogP) is 23.3. The van der Waals surface area contributed by atoms with Crippen LogP contribution in [0.25, 0.3) is 142 Å². The maximum Gasteiger partial charge on any atom is 0.159 e. The lowest BCUT2D eigenvalue weighted by Gasteiger charge is -2.27. The molecule has 0 aliphatic heterocycles. The molecule has 0 aliphatic rings. The normalized spacial score (nSPS) is 12.3. The molecule has 414 valence electrons. The van der Waals surface area contributed by atoms with Crippen LogP contribution in [0, 0.1) is 27.7 Å². The molecule has 0 saturated carbocycles. The molecular formula is C82H54N4O2. The lowest BCUT2D eigenvalue weighted by molar-refractivity contribution is 0.669. The molecule has 0 aliphatic carbocycles. The van der Waals surface area contributed by atoms with Gasteiger partial charge in [0.2, 0.25) is 0 Å². The average molecular weight is 1130 g/mol. The molecule has 19 rings (SSSR count). The van der Waals surface area contributed by atoms with E-state index < -0.39 is 0 Å². The summed E-state index contributed by atoms with van der Waals surface area (Å²) in [5, 5.41) is 14.2. The van der Waals surface area contributed by atoms with Gasteiger partial charge in [-0.1, -0.05) is 194 Å². The molecule has 0 atom stereocenters. The van der Waals surface area contributed by atoms with Crippen molar-refractivity contribution in [1.82, 2.24) is 8.80 Å². The van der Waals surface area contributed by atoms with Crippen LogP contribution < -0.4 is 9.80 Å². The number of aryl methyl sites for hydroxylation is 4. The number of hydrogen-bond donors (Lipinski definition) is 0. The summed E-state index contributed by atoms with van der Waals surface area (Å²) in [5.41, 5.74) is 26.2. The van der Waals surface area contributed by atoms with Crippen LogP contribution in [-0.2, 0) is 0 Å². The van der Waals surface area contributed by atoms with Crippen molar-refractivity contribution in [2.24, 2.45) is 0 Å². The van der Waals surface area contributed by atoms with E-state index in [1.165, 1.54) is 87.4 Å². The maximum absolute atomic E-state index is 7.23. The molecule has 88 heavy (non-hydrogen) atoms. The number of benzene rings is 13. The van der Waals surface area contributed by atoms with Crippen LogP contribution in [0.15, 0.2) is 264 Å². The third-order valence-electron chi connectivity index (χ3n) is 19.3. The van der Waals surface area contributed by atoms with Crippen molar-refractivity contribution in [3.05, 3.63) is 277 Å². The van der Waals surface area contributed by atoms with Crippen molar-refractivity contribution in [3.8, 4) is 22.3 Å². The van der Waals surface area contributed by atoms with Crippen LogP contribution in [0.5, 0.6) is 0 Å². The Morgan fingerprint density at radius 2 is 0.580 bits per heavy atom. The second-order valence-electron chi connectivity index (χ2n) is 24.1. The van der Waals surface area contributed by atoms with E-state index >= 15 is 0 Å². The second-order valence-corrected chi connectivity index (χ2v) is 24.1. The molecule has 0 saturated heterocycles. The summed E-state index contributed by atoms with van der Waals surface area (Å²) in [4.78, 5) is 4.81. The lowest BCUT2D eigenvalue weighted by atomic mass is 9.98. The molecule has 0 N–H and O–H groups in total. The van der Waals surface area contributed by atoms with Gasteiger partial charge in [0.1, 0.15) is 11.2 Å². The molecule has 6 aromatic heterocycles. The van der Waals surface area contributed by atoms with Gasteiger partial charge in [-0.2, -0.15) is 0 Å². The monoisotopic (exact) mass is 1130 g/mol. The van der Waals surface area contributed by atoms with E-state index in [9.17, 15) is 0 Å². The van der Waals surface area contributed by atoms with Crippen LogP contribution >= 0.6 is 0 Å². The molecule has 0 unspecified atom stereocenters. The Morgan fingerprint density at radius 3 is 1.01 bits per heavy atom. The Labute approximate surface area is 505 Å². The Bertz CT molecular complexity index is 5740. The molecule has 6 heteroatoms. The molecule has 13 aromatic carbocycles. The van der Waals surface area contributed by atoms with Crippen LogP contribution in [-0.4, -0.2) is 8.80 Å². The molecule has 0 radical (unpaired) electrons. The van der Waals surface area contributed by atoms with E-state index in [4.69, 9.17) is 8.83 Å². The fourth-order valence-corrected chi connectivity index (χ4v) is 15.3. The van der Waals surface area contributed by atoms with E-state index in [2.05, 4.69) is 301 Å². The van der Waals surface area contributed by atoms with Gasteiger partial charge in [0.25, 0.3) is 0 Å². The SMILES string of the molecule is Cc1ccccc1-c1cccc2c1oc1c(N(c3ccccc3)c3ccc4c5cccc6c7cc8c(cc7n(c4c3)c56)c3cccc4c5ccc(N(c6ccccc6)c6c(C)ccc7c6oc6c(-c9ccccc9C)cccc67)cc5n8c43)c(C)ccc12. The number of anilines is 6. The van der Waals surface area contributed by atoms with E-state index in [0.29, 0.717) is 0 Å². The lowest BCUT2D eigenvalue weighted by Crippen LogP contribution is -2.11.